The van der Waals surface area contributed by atoms with Crippen molar-refractivity contribution >= 4 is 23.5 Å². The quantitative estimate of drug-likeness (QED) is 0.652. The van der Waals surface area contributed by atoms with Crippen molar-refractivity contribution in [3.05, 3.63) is 34.8 Å². The van der Waals surface area contributed by atoms with E-state index in [0.29, 0.717) is 12.3 Å². The molecule has 0 saturated heterocycles. The highest BCUT2D eigenvalue weighted by molar-refractivity contribution is 6.00. The molecule has 0 unspecified atom stereocenters. The molecule has 0 radical (unpaired) electrons. The predicted octanol–water partition coefficient (Wildman–Crippen LogP) is 4.06. The van der Waals surface area contributed by atoms with E-state index < -0.39 is 34.9 Å². The van der Waals surface area contributed by atoms with E-state index in [9.17, 15) is 29.7 Å². The summed E-state index contributed by atoms with van der Waals surface area (Å²) in [7, 11) is 0. The van der Waals surface area contributed by atoms with Gasteiger partial charge in [0.15, 0.2) is 5.69 Å². The third-order valence-electron chi connectivity index (χ3n) is 7.83. The van der Waals surface area contributed by atoms with E-state index in [1.807, 2.05) is 6.92 Å². The standard InChI is InChI=1S/C23H27NO7/c1-22-9-4-3-5-12(22)8-10-23(2)16(22)11-14(18(31-23)21(29)30)13-6-7-15(19(25)26)24-17(13)20(27)28/h6-7,12,16H,3-5,8-11H2,1-2H3,(H,25,26)(H,27,28)(H,29,30)/t12-,16-,22+,23-/m0/s1. The maximum atomic E-state index is 12.1. The summed E-state index contributed by atoms with van der Waals surface area (Å²) in [6.07, 6.45) is 6.57. The van der Waals surface area contributed by atoms with Gasteiger partial charge >= 0.3 is 17.9 Å². The highest BCUT2D eigenvalue weighted by Gasteiger charge is 2.58. The first-order chi connectivity index (χ1) is 14.6. The number of carboxylic acid groups (broad SMARTS) is 3. The number of ether oxygens (including phenoxy) is 1. The van der Waals surface area contributed by atoms with Crippen LogP contribution in [0, 0.1) is 17.3 Å². The molecule has 31 heavy (non-hydrogen) atoms. The molecule has 0 bridgehead atoms. The molecule has 2 fully saturated rings. The Balaban J connectivity index is 1.87. The van der Waals surface area contributed by atoms with Crippen LogP contribution in [0.4, 0.5) is 0 Å². The van der Waals surface area contributed by atoms with Crippen LogP contribution >= 0.6 is 0 Å². The average molecular weight is 429 g/mol. The van der Waals surface area contributed by atoms with Gasteiger partial charge in [-0.1, -0.05) is 19.8 Å². The number of carbonyl (C=O) groups is 3. The Bertz CT molecular complexity index is 1000. The van der Waals surface area contributed by atoms with Crippen LogP contribution in [-0.2, 0) is 9.53 Å². The van der Waals surface area contributed by atoms with Gasteiger partial charge in [0.1, 0.15) is 11.3 Å². The van der Waals surface area contributed by atoms with Crippen LogP contribution < -0.4 is 0 Å². The van der Waals surface area contributed by atoms with E-state index in [-0.39, 0.29) is 28.2 Å². The molecule has 8 nitrogen and oxygen atoms in total. The molecule has 4 rings (SSSR count). The number of nitrogens with zero attached hydrogens (tertiary/aromatic N) is 1. The third kappa shape index (κ3) is 3.38. The topological polar surface area (TPSA) is 134 Å². The van der Waals surface area contributed by atoms with Gasteiger partial charge in [-0.3, -0.25) is 0 Å². The summed E-state index contributed by atoms with van der Waals surface area (Å²) in [4.78, 5) is 39.1. The molecule has 2 aliphatic carbocycles. The van der Waals surface area contributed by atoms with Crippen molar-refractivity contribution in [3.8, 4) is 0 Å². The summed E-state index contributed by atoms with van der Waals surface area (Å²) in [6, 6.07) is 2.55. The Hall–Kier alpha value is -2.90. The normalized spacial score (nSPS) is 32.5. The van der Waals surface area contributed by atoms with E-state index in [4.69, 9.17) is 4.74 Å². The molecular weight excluding hydrogens is 402 g/mol. The fourth-order valence-corrected chi connectivity index (χ4v) is 6.25. The number of carboxylic acids is 3. The van der Waals surface area contributed by atoms with Crippen molar-refractivity contribution in [3.63, 3.8) is 0 Å². The number of hydrogen-bond acceptors (Lipinski definition) is 5. The predicted molar refractivity (Wildman–Crippen MR) is 110 cm³/mol. The van der Waals surface area contributed by atoms with Crippen LogP contribution in [0.1, 0.15) is 85.3 Å². The molecule has 0 aromatic carbocycles. The van der Waals surface area contributed by atoms with E-state index in [2.05, 4.69) is 11.9 Å². The van der Waals surface area contributed by atoms with E-state index in [1.165, 1.54) is 18.6 Å². The number of aliphatic carboxylic acids is 1. The first kappa shape index (κ1) is 21.3. The lowest BCUT2D eigenvalue weighted by Gasteiger charge is -2.59. The molecule has 2 heterocycles. The monoisotopic (exact) mass is 429 g/mol. The van der Waals surface area contributed by atoms with Gasteiger partial charge in [0.2, 0.25) is 5.76 Å². The Labute approximate surface area is 179 Å². The SMILES string of the molecule is C[C@@]12CCCC[C@H]1CC[C@]1(C)OC(C(=O)O)=C(c3ccc(C(=O)O)nc3C(=O)O)C[C@@H]21. The minimum atomic E-state index is -1.41. The second-order valence-electron chi connectivity index (χ2n) is 9.47. The highest BCUT2D eigenvalue weighted by Crippen LogP contribution is 2.62. The van der Waals surface area contributed by atoms with Gasteiger partial charge in [-0.25, -0.2) is 19.4 Å². The van der Waals surface area contributed by atoms with Crippen LogP contribution in [0.2, 0.25) is 0 Å². The summed E-state index contributed by atoms with van der Waals surface area (Å²) >= 11 is 0. The Morgan fingerprint density at radius 3 is 2.39 bits per heavy atom. The molecule has 0 amide bonds. The van der Waals surface area contributed by atoms with Gasteiger partial charge in [-0.15, -0.1) is 0 Å². The fourth-order valence-electron chi connectivity index (χ4n) is 6.25. The third-order valence-corrected chi connectivity index (χ3v) is 7.83. The number of pyridine rings is 1. The lowest BCUT2D eigenvalue weighted by atomic mass is 9.49. The van der Waals surface area contributed by atoms with Gasteiger partial charge < -0.3 is 20.1 Å². The largest absolute Gasteiger partial charge is 0.480 e. The minimum absolute atomic E-state index is 0.0259. The molecule has 1 aliphatic heterocycles. The number of hydrogen-bond donors (Lipinski definition) is 3. The molecule has 1 aromatic heterocycles. The summed E-state index contributed by atoms with van der Waals surface area (Å²) in [6.45, 7) is 4.23. The van der Waals surface area contributed by atoms with Crippen molar-refractivity contribution < 1.29 is 34.4 Å². The van der Waals surface area contributed by atoms with Crippen LogP contribution in [0.15, 0.2) is 17.9 Å². The first-order valence-electron chi connectivity index (χ1n) is 10.7. The van der Waals surface area contributed by atoms with Gasteiger partial charge in [0.25, 0.3) is 0 Å². The zero-order valence-corrected chi connectivity index (χ0v) is 17.7. The van der Waals surface area contributed by atoms with Crippen molar-refractivity contribution in [1.29, 1.82) is 0 Å². The second kappa shape index (κ2) is 7.35. The van der Waals surface area contributed by atoms with Gasteiger partial charge in [0.05, 0.1) is 0 Å². The molecule has 0 spiro atoms. The molecule has 1 aromatic rings. The zero-order valence-electron chi connectivity index (χ0n) is 17.7. The minimum Gasteiger partial charge on any atom is -0.480 e. The molecular formula is C23H27NO7. The summed E-state index contributed by atoms with van der Waals surface area (Å²) in [5.74, 6) is -3.72. The molecule has 3 N–H and O–H groups in total. The van der Waals surface area contributed by atoms with E-state index >= 15 is 0 Å². The van der Waals surface area contributed by atoms with Gasteiger partial charge in [-0.2, -0.15) is 0 Å². The Morgan fingerprint density at radius 1 is 1.00 bits per heavy atom. The number of rotatable bonds is 4. The molecule has 166 valence electrons. The van der Waals surface area contributed by atoms with Crippen LogP contribution in [-0.4, -0.2) is 43.8 Å². The second-order valence-corrected chi connectivity index (χ2v) is 9.47. The zero-order chi connectivity index (χ0) is 22.6. The van der Waals surface area contributed by atoms with Crippen molar-refractivity contribution in [2.45, 2.75) is 64.4 Å². The smallest absolute Gasteiger partial charge is 0.371 e. The Kier molecular flexibility index (Phi) is 5.06. The maximum Gasteiger partial charge on any atom is 0.371 e. The lowest BCUT2D eigenvalue weighted by Crippen LogP contribution is -2.56. The summed E-state index contributed by atoms with van der Waals surface area (Å²) < 4.78 is 6.18. The van der Waals surface area contributed by atoms with Crippen LogP contribution in [0.5, 0.6) is 0 Å². The van der Waals surface area contributed by atoms with E-state index in [0.717, 1.165) is 32.1 Å². The molecule has 2 saturated carbocycles. The first-order valence-corrected chi connectivity index (χ1v) is 10.7. The number of allylic oxidation sites excluding steroid dienone is 1. The maximum absolute atomic E-state index is 12.1. The number of fused-ring (bicyclic) bond motifs is 3. The van der Waals surface area contributed by atoms with Crippen molar-refractivity contribution in [2.24, 2.45) is 17.3 Å². The highest BCUT2D eigenvalue weighted by atomic mass is 16.5. The number of aromatic nitrogens is 1. The Morgan fingerprint density at radius 2 is 1.74 bits per heavy atom. The van der Waals surface area contributed by atoms with Gasteiger partial charge in [-0.05, 0) is 62.5 Å². The van der Waals surface area contributed by atoms with Crippen molar-refractivity contribution in [2.75, 3.05) is 0 Å². The number of aromatic carboxylic acids is 2. The van der Waals surface area contributed by atoms with E-state index in [1.54, 1.807) is 0 Å². The summed E-state index contributed by atoms with van der Waals surface area (Å²) in [5.41, 5.74) is -1.15. The molecule has 8 heteroatoms. The molecule has 4 atom stereocenters. The van der Waals surface area contributed by atoms with Crippen LogP contribution in [0.25, 0.3) is 5.57 Å². The lowest BCUT2D eigenvalue weighted by molar-refractivity contribution is -0.168. The average Bonchev–Trinajstić information content (AvgIpc) is 2.72. The summed E-state index contributed by atoms with van der Waals surface area (Å²) in [5, 5.41) is 28.8. The molecule has 3 aliphatic rings. The van der Waals surface area contributed by atoms with Crippen molar-refractivity contribution in [1.82, 2.24) is 4.98 Å². The fraction of sp³-hybridized carbons (Fsp3) is 0.565. The van der Waals surface area contributed by atoms with Crippen LogP contribution in [0.3, 0.4) is 0 Å². The van der Waals surface area contributed by atoms with Gasteiger partial charge in [0, 0.05) is 17.1 Å².